The van der Waals surface area contributed by atoms with Crippen molar-refractivity contribution in [2.45, 2.75) is 46.3 Å². The van der Waals surface area contributed by atoms with Gasteiger partial charge in [0.1, 0.15) is 5.60 Å². The van der Waals surface area contributed by atoms with Crippen LogP contribution in [0.15, 0.2) is 23.4 Å². The van der Waals surface area contributed by atoms with Crippen LogP contribution in [-0.2, 0) is 9.53 Å². The highest BCUT2D eigenvalue weighted by Gasteiger charge is 2.36. The van der Waals surface area contributed by atoms with Crippen LogP contribution in [0, 0.1) is 0 Å². The van der Waals surface area contributed by atoms with Gasteiger partial charge in [-0.15, -0.1) is 0 Å². The molecule has 7 nitrogen and oxygen atoms in total. The van der Waals surface area contributed by atoms with E-state index in [0.717, 1.165) is 0 Å². The van der Waals surface area contributed by atoms with Crippen LogP contribution in [-0.4, -0.2) is 31.3 Å². The van der Waals surface area contributed by atoms with Crippen molar-refractivity contribution in [2.75, 3.05) is 13.7 Å². The standard InChI is InChI=1S/C19H25ClN2O5/c1-7-26-16-12(8-11(20)9-13(16)25-6)15-14(10(2)21-18(24)22-15)17(23)27-19(3,4)5/h8-9,15H,7H2,1-6H3,(H2,21,22,24)/t15-/m1/s1. The molecule has 1 aromatic rings. The van der Waals surface area contributed by atoms with Crippen LogP contribution in [0.3, 0.4) is 0 Å². The Bertz CT molecular complexity index is 783. The Morgan fingerprint density at radius 1 is 1.30 bits per heavy atom. The number of hydrogen-bond donors (Lipinski definition) is 2. The van der Waals surface area contributed by atoms with Crippen molar-refractivity contribution in [1.82, 2.24) is 10.6 Å². The number of benzene rings is 1. The highest BCUT2D eigenvalue weighted by Crippen LogP contribution is 2.41. The number of urea groups is 1. The molecule has 148 valence electrons. The zero-order chi connectivity index (χ0) is 20.4. The minimum absolute atomic E-state index is 0.273. The van der Waals surface area contributed by atoms with Gasteiger partial charge < -0.3 is 24.8 Å². The normalized spacial score (nSPS) is 17.1. The van der Waals surface area contributed by atoms with Gasteiger partial charge >= 0.3 is 12.0 Å². The van der Waals surface area contributed by atoms with Gasteiger partial charge in [-0.1, -0.05) is 11.6 Å². The topological polar surface area (TPSA) is 85.9 Å². The number of hydrogen-bond acceptors (Lipinski definition) is 5. The molecule has 0 bridgehead atoms. The maximum Gasteiger partial charge on any atom is 0.338 e. The van der Waals surface area contributed by atoms with Crippen molar-refractivity contribution < 1.29 is 23.8 Å². The van der Waals surface area contributed by atoms with Crippen LogP contribution in [0.25, 0.3) is 0 Å². The molecule has 0 unspecified atom stereocenters. The van der Waals surface area contributed by atoms with E-state index >= 15 is 0 Å². The second kappa shape index (κ2) is 8.08. The van der Waals surface area contributed by atoms with Crippen LogP contribution in [0.4, 0.5) is 4.79 Å². The van der Waals surface area contributed by atoms with E-state index in [-0.39, 0.29) is 5.57 Å². The van der Waals surface area contributed by atoms with Crippen molar-refractivity contribution in [1.29, 1.82) is 0 Å². The Hall–Kier alpha value is -2.41. The van der Waals surface area contributed by atoms with E-state index < -0.39 is 23.6 Å². The summed E-state index contributed by atoms with van der Waals surface area (Å²) in [6.45, 7) is 9.17. The van der Waals surface area contributed by atoms with Gasteiger partial charge in [0.2, 0.25) is 0 Å². The fourth-order valence-electron chi connectivity index (χ4n) is 2.78. The number of methoxy groups -OCH3 is 1. The van der Waals surface area contributed by atoms with Crippen molar-refractivity contribution in [3.8, 4) is 11.5 Å². The number of rotatable bonds is 5. The van der Waals surface area contributed by atoms with Gasteiger partial charge in [0.15, 0.2) is 11.5 Å². The first-order chi connectivity index (χ1) is 12.6. The molecular weight excluding hydrogens is 372 g/mol. The van der Waals surface area contributed by atoms with E-state index in [1.54, 1.807) is 39.8 Å². The van der Waals surface area contributed by atoms with Crippen LogP contribution >= 0.6 is 11.6 Å². The SMILES string of the molecule is CCOc1c(OC)cc(Cl)cc1[C@H]1NC(=O)NC(C)=C1C(=O)OC(C)(C)C. The third-order valence-corrected chi connectivity index (χ3v) is 3.97. The summed E-state index contributed by atoms with van der Waals surface area (Å²) in [5.74, 6) is 0.276. The molecular formula is C19H25ClN2O5. The number of nitrogens with one attached hydrogen (secondary N) is 2. The highest BCUT2D eigenvalue weighted by molar-refractivity contribution is 6.30. The lowest BCUT2D eigenvalue weighted by Gasteiger charge is -2.31. The molecule has 1 atom stereocenters. The average Bonchev–Trinajstić information content (AvgIpc) is 2.53. The van der Waals surface area contributed by atoms with Gasteiger partial charge in [0, 0.05) is 22.3 Å². The van der Waals surface area contributed by atoms with Crippen LogP contribution in [0.1, 0.15) is 46.2 Å². The number of ether oxygens (including phenoxy) is 3. The molecule has 2 N–H and O–H groups in total. The van der Waals surface area contributed by atoms with Crippen molar-refractivity contribution in [2.24, 2.45) is 0 Å². The summed E-state index contributed by atoms with van der Waals surface area (Å²) in [7, 11) is 1.49. The lowest BCUT2D eigenvalue weighted by atomic mass is 9.94. The molecule has 27 heavy (non-hydrogen) atoms. The summed E-state index contributed by atoms with van der Waals surface area (Å²) < 4.78 is 16.6. The van der Waals surface area contributed by atoms with E-state index in [1.807, 2.05) is 6.92 Å². The van der Waals surface area contributed by atoms with Crippen molar-refractivity contribution in [3.63, 3.8) is 0 Å². The van der Waals surface area contributed by atoms with Gasteiger partial charge in [-0.05, 0) is 40.7 Å². The van der Waals surface area contributed by atoms with Crippen LogP contribution in [0.5, 0.6) is 11.5 Å². The molecule has 0 spiro atoms. The molecule has 0 radical (unpaired) electrons. The maximum atomic E-state index is 12.8. The summed E-state index contributed by atoms with van der Waals surface area (Å²) in [5.41, 5.74) is 0.496. The Kier molecular flexibility index (Phi) is 6.26. The van der Waals surface area contributed by atoms with Gasteiger partial charge in [-0.25, -0.2) is 9.59 Å². The molecule has 0 fully saturated rings. The van der Waals surface area contributed by atoms with E-state index in [9.17, 15) is 9.59 Å². The summed E-state index contributed by atoms with van der Waals surface area (Å²) in [6, 6.07) is 2.01. The van der Waals surface area contributed by atoms with E-state index in [2.05, 4.69) is 10.6 Å². The fraction of sp³-hybridized carbons (Fsp3) is 0.474. The van der Waals surface area contributed by atoms with Crippen molar-refractivity contribution >= 4 is 23.6 Å². The molecule has 0 saturated carbocycles. The first-order valence-electron chi connectivity index (χ1n) is 8.59. The molecule has 1 aliphatic heterocycles. The van der Waals surface area contributed by atoms with E-state index in [0.29, 0.717) is 34.4 Å². The Balaban J connectivity index is 2.63. The van der Waals surface area contributed by atoms with Crippen LogP contribution < -0.4 is 20.1 Å². The van der Waals surface area contributed by atoms with Gasteiger partial charge in [-0.3, -0.25) is 0 Å². The first kappa shape index (κ1) is 20.9. The number of amides is 2. The molecule has 0 saturated heterocycles. The second-order valence-electron chi connectivity index (χ2n) is 7.03. The lowest BCUT2D eigenvalue weighted by Crippen LogP contribution is -2.46. The first-order valence-corrected chi connectivity index (χ1v) is 8.97. The van der Waals surface area contributed by atoms with E-state index in [1.165, 1.54) is 7.11 Å². The number of allylic oxidation sites excluding steroid dienone is 1. The van der Waals surface area contributed by atoms with E-state index in [4.69, 9.17) is 25.8 Å². The smallest absolute Gasteiger partial charge is 0.338 e. The number of carbonyl (C=O) groups excluding carboxylic acids is 2. The zero-order valence-electron chi connectivity index (χ0n) is 16.4. The third-order valence-electron chi connectivity index (χ3n) is 3.76. The van der Waals surface area contributed by atoms with Crippen LogP contribution in [0.2, 0.25) is 5.02 Å². The summed E-state index contributed by atoms with van der Waals surface area (Å²) in [6.07, 6.45) is 0. The molecule has 8 heteroatoms. The molecule has 1 heterocycles. The summed E-state index contributed by atoms with van der Waals surface area (Å²) in [5, 5.41) is 5.76. The monoisotopic (exact) mass is 396 g/mol. The molecule has 2 rings (SSSR count). The molecule has 1 aliphatic rings. The predicted octanol–water partition coefficient (Wildman–Crippen LogP) is 3.72. The fourth-order valence-corrected chi connectivity index (χ4v) is 3.00. The van der Waals surface area contributed by atoms with Crippen molar-refractivity contribution in [3.05, 3.63) is 34.0 Å². The minimum Gasteiger partial charge on any atom is -0.493 e. The second-order valence-corrected chi connectivity index (χ2v) is 7.47. The summed E-state index contributed by atoms with van der Waals surface area (Å²) in [4.78, 5) is 25.0. The average molecular weight is 397 g/mol. The van der Waals surface area contributed by atoms with Gasteiger partial charge in [0.05, 0.1) is 25.3 Å². The van der Waals surface area contributed by atoms with Gasteiger partial charge in [0.25, 0.3) is 0 Å². The Morgan fingerprint density at radius 2 is 1.96 bits per heavy atom. The minimum atomic E-state index is -0.803. The largest absolute Gasteiger partial charge is 0.493 e. The number of halogens is 1. The highest BCUT2D eigenvalue weighted by atomic mass is 35.5. The summed E-state index contributed by atoms with van der Waals surface area (Å²) >= 11 is 6.23. The van der Waals surface area contributed by atoms with Gasteiger partial charge in [-0.2, -0.15) is 0 Å². The lowest BCUT2D eigenvalue weighted by molar-refractivity contribution is -0.150. The quantitative estimate of drug-likeness (QED) is 0.741. The Morgan fingerprint density at radius 3 is 2.52 bits per heavy atom. The zero-order valence-corrected chi connectivity index (χ0v) is 17.1. The number of carbonyl (C=O) groups is 2. The molecule has 0 aliphatic carbocycles. The molecule has 1 aromatic carbocycles. The maximum absolute atomic E-state index is 12.8. The Labute approximate surface area is 164 Å². The molecule has 0 aromatic heterocycles. The molecule has 2 amide bonds. The third kappa shape index (κ3) is 4.86. The number of esters is 1. The predicted molar refractivity (Wildman–Crippen MR) is 102 cm³/mol.